The molecule has 5 nitrogen and oxygen atoms in total. The van der Waals surface area contributed by atoms with E-state index in [4.69, 9.17) is 4.98 Å². The lowest BCUT2D eigenvalue weighted by Crippen LogP contribution is -2.13. The first-order valence-electron chi connectivity index (χ1n) is 15.3. The Labute approximate surface area is 266 Å². The molecule has 0 radical (unpaired) electrons. The largest absolute Gasteiger partial charge is 0.309 e. The van der Waals surface area contributed by atoms with Gasteiger partial charge in [-0.2, -0.15) is 0 Å². The molecule has 0 saturated heterocycles. The number of fused-ring (bicyclic) bond motifs is 9. The van der Waals surface area contributed by atoms with Crippen molar-refractivity contribution in [2.45, 2.75) is 0 Å². The van der Waals surface area contributed by atoms with Crippen LogP contribution < -0.4 is 5.56 Å². The fourth-order valence-corrected chi connectivity index (χ4v) is 8.08. The van der Waals surface area contributed by atoms with Crippen LogP contribution in [0, 0.1) is 0 Å². The maximum Gasteiger partial charge on any atom is 0.269 e. The van der Waals surface area contributed by atoms with Crippen molar-refractivity contribution >= 4 is 70.3 Å². The molecule has 0 aliphatic rings. The Morgan fingerprint density at radius 2 is 1.07 bits per heavy atom. The number of benzene rings is 6. The molecule has 0 bridgehead atoms. The summed E-state index contributed by atoms with van der Waals surface area (Å²) < 4.78 is 7.26. The summed E-state index contributed by atoms with van der Waals surface area (Å²) in [6, 6.07) is 50.4. The zero-order valence-corrected chi connectivity index (χ0v) is 25.3. The summed E-state index contributed by atoms with van der Waals surface area (Å²) in [5, 5.41) is 3.92. The molecule has 10 rings (SSSR count). The summed E-state index contributed by atoms with van der Waals surface area (Å²) in [5.74, 6) is 0. The average molecular weight is 609 g/mol. The number of para-hydroxylation sites is 4. The molecule has 216 valence electrons. The zero-order chi connectivity index (χ0) is 30.4. The van der Waals surface area contributed by atoms with Crippen LogP contribution in [0.25, 0.3) is 81.4 Å². The van der Waals surface area contributed by atoms with Crippen molar-refractivity contribution in [2.24, 2.45) is 0 Å². The Morgan fingerprint density at radius 3 is 1.80 bits per heavy atom. The summed E-state index contributed by atoms with van der Waals surface area (Å²) >= 11 is 1.54. The Kier molecular flexibility index (Phi) is 5.24. The van der Waals surface area contributed by atoms with E-state index in [-0.39, 0.29) is 5.56 Å². The third-order valence-electron chi connectivity index (χ3n) is 9.09. The summed E-state index contributed by atoms with van der Waals surface area (Å²) in [6.45, 7) is 0. The van der Waals surface area contributed by atoms with Crippen molar-refractivity contribution in [1.29, 1.82) is 0 Å². The van der Waals surface area contributed by atoms with Gasteiger partial charge in [0.2, 0.25) is 0 Å². The predicted molar refractivity (Wildman–Crippen MR) is 191 cm³/mol. The second-order valence-electron chi connectivity index (χ2n) is 11.6. The van der Waals surface area contributed by atoms with Crippen molar-refractivity contribution < 1.29 is 0 Å². The number of rotatable bonds is 3. The zero-order valence-electron chi connectivity index (χ0n) is 24.5. The van der Waals surface area contributed by atoms with Crippen molar-refractivity contribution in [2.75, 3.05) is 0 Å². The third kappa shape index (κ3) is 3.50. The van der Waals surface area contributed by atoms with Gasteiger partial charge in [0.25, 0.3) is 5.56 Å². The van der Waals surface area contributed by atoms with Crippen molar-refractivity contribution in [1.82, 2.24) is 18.5 Å². The van der Waals surface area contributed by atoms with E-state index in [1.165, 1.54) is 16.3 Å². The second-order valence-corrected chi connectivity index (χ2v) is 12.6. The predicted octanol–water partition coefficient (Wildman–Crippen LogP) is 9.77. The van der Waals surface area contributed by atoms with Crippen molar-refractivity contribution in [3.8, 4) is 22.5 Å². The highest BCUT2D eigenvalue weighted by atomic mass is 32.1. The SMILES string of the molecule is O=c1c2c3cc(-c4ccc5c(c4)c4ccccc4n5-c4ccccc4)ccc3n(-c3ccccc3)c2nc2sc3ccccc3n12. The topological polar surface area (TPSA) is 44.2 Å². The molecule has 6 aromatic carbocycles. The van der Waals surface area contributed by atoms with E-state index in [1.807, 2.05) is 48.5 Å². The first kappa shape index (κ1) is 25.4. The minimum Gasteiger partial charge on any atom is -0.309 e. The minimum atomic E-state index is -0.0457. The van der Waals surface area contributed by atoms with Crippen LogP contribution in [0.15, 0.2) is 150 Å². The fourth-order valence-electron chi connectivity index (χ4n) is 7.07. The van der Waals surface area contributed by atoms with E-state index in [0.29, 0.717) is 16.0 Å². The molecule has 0 unspecified atom stereocenters. The van der Waals surface area contributed by atoms with E-state index in [2.05, 4.69) is 106 Å². The lowest BCUT2D eigenvalue weighted by atomic mass is 10.0. The van der Waals surface area contributed by atoms with Gasteiger partial charge in [0.15, 0.2) is 10.6 Å². The molecule has 0 spiro atoms. The molecule has 4 heterocycles. The molecular formula is C40H24N4OS. The van der Waals surface area contributed by atoms with Crippen molar-refractivity contribution in [3.63, 3.8) is 0 Å². The standard InChI is InChI=1S/C40H24N4OS/c45-39-37-31-24-26(25-19-21-33-30(23-25)29-15-7-8-16-32(29)42(33)27-11-3-1-4-12-27)20-22-34(31)43(28-13-5-2-6-14-28)38(37)41-40-44(39)35-17-9-10-18-36(35)46-40/h1-24H. The van der Waals surface area contributed by atoms with Crippen LogP contribution >= 0.6 is 11.3 Å². The highest BCUT2D eigenvalue weighted by molar-refractivity contribution is 7.23. The average Bonchev–Trinajstić information content (AvgIpc) is 3.76. The molecule has 10 aromatic rings. The normalized spacial score (nSPS) is 12.0. The highest BCUT2D eigenvalue weighted by Crippen LogP contribution is 2.38. The Balaban J connectivity index is 1.27. The van der Waals surface area contributed by atoms with Crippen LogP contribution in [0.4, 0.5) is 0 Å². The van der Waals surface area contributed by atoms with E-state index in [1.54, 1.807) is 15.7 Å². The van der Waals surface area contributed by atoms with E-state index >= 15 is 0 Å². The molecule has 0 amide bonds. The van der Waals surface area contributed by atoms with Crippen LogP contribution in [0.3, 0.4) is 0 Å². The van der Waals surface area contributed by atoms with Gasteiger partial charge < -0.3 is 4.57 Å². The van der Waals surface area contributed by atoms with Gasteiger partial charge in [0.1, 0.15) is 0 Å². The molecular weight excluding hydrogens is 585 g/mol. The van der Waals surface area contributed by atoms with Gasteiger partial charge in [-0.25, -0.2) is 4.98 Å². The van der Waals surface area contributed by atoms with Crippen LogP contribution in [-0.4, -0.2) is 18.5 Å². The van der Waals surface area contributed by atoms with Gasteiger partial charge in [-0.15, -0.1) is 0 Å². The molecule has 0 aliphatic heterocycles. The van der Waals surface area contributed by atoms with Crippen LogP contribution in [0.5, 0.6) is 0 Å². The van der Waals surface area contributed by atoms with Gasteiger partial charge in [-0.1, -0.05) is 90.2 Å². The third-order valence-corrected chi connectivity index (χ3v) is 10.1. The van der Waals surface area contributed by atoms with Crippen LogP contribution in [-0.2, 0) is 0 Å². The molecule has 4 aromatic heterocycles. The number of thiazole rings is 1. The van der Waals surface area contributed by atoms with Gasteiger partial charge >= 0.3 is 0 Å². The molecule has 0 fully saturated rings. The van der Waals surface area contributed by atoms with Gasteiger partial charge in [0, 0.05) is 27.5 Å². The Bertz CT molecular complexity index is 2880. The molecule has 0 saturated carbocycles. The molecule has 46 heavy (non-hydrogen) atoms. The fraction of sp³-hybridized carbons (Fsp3) is 0. The Morgan fingerprint density at radius 1 is 0.500 bits per heavy atom. The van der Waals surface area contributed by atoms with Gasteiger partial charge in [-0.05, 0) is 77.9 Å². The number of aromatic nitrogens is 4. The molecule has 6 heteroatoms. The molecule has 0 aliphatic carbocycles. The molecule has 0 atom stereocenters. The highest BCUT2D eigenvalue weighted by Gasteiger charge is 2.21. The van der Waals surface area contributed by atoms with E-state index in [0.717, 1.165) is 49.1 Å². The summed E-state index contributed by atoms with van der Waals surface area (Å²) in [7, 11) is 0. The van der Waals surface area contributed by atoms with Crippen LogP contribution in [0.2, 0.25) is 0 Å². The first-order valence-corrected chi connectivity index (χ1v) is 16.1. The molecule has 0 N–H and O–H groups in total. The Hall–Kier alpha value is -5.98. The summed E-state index contributed by atoms with van der Waals surface area (Å²) in [5.41, 5.74) is 9.07. The van der Waals surface area contributed by atoms with Crippen molar-refractivity contribution in [3.05, 3.63) is 156 Å². The number of hydrogen-bond donors (Lipinski definition) is 0. The maximum atomic E-state index is 14.4. The van der Waals surface area contributed by atoms with Gasteiger partial charge in [-0.3, -0.25) is 13.8 Å². The lowest BCUT2D eigenvalue weighted by Gasteiger charge is -2.09. The lowest BCUT2D eigenvalue weighted by molar-refractivity contribution is 1.10. The van der Waals surface area contributed by atoms with E-state index < -0.39 is 0 Å². The second kappa shape index (κ2) is 9.51. The van der Waals surface area contributed by atoms with Gasteiger partial charge in [0.05, 0.1) is 32.2 Å². The van der Waals surface area contributed by atoms with Crippen LogP contribution in [0.1, 0.15) is 0 Å². The summed E-state index contributed by atoms with van der Waals surface area (Å²) in [6.07, 6.45) is 0. The summed E-state index contributed by atoms with van der Waals surface area (Å²) in [4.78, 5) is 20.3. The minimum absolute atomic E-state index is 0.0457. The number of hydrogen-bond acceptors (Lipinski definition) is 3. The first-order chi connectivity index (χ1) is 22.7. The smallest absolute Gasteiger partial charge is 0.269 e. The number of nitrogens with zero attached hydrogens (tertiary/aromatic N) is 4. The van der Waals surface area contributed by atoms with E-state index in [9.17, 15) is 4.79 Å². The monoisotopic (exact) mass is 608 g/mol. The maximum absolute atomic E-state index is 14.4. The quantitative estimate of drug-likeness (QED) is 0.200.